The van der Waals surface area contributed by atoms with Gasteiger partial charge in [-0.05, 0) is 18.6 Å². The Morgan fingerprint density at radius 3 is 2.32 bits per heavy atom. The zero-order chi connectivity index (χ0) is 18.3. The Hall–Kier alpha value is -2.87. The number of hydrogen-bond donors (Lipinski definition) is 2. The molecule has 0 aromatic heterocycles. The number of methoxy groups -OCH3 is 2. The molecule has 0 amide bonds. The second-order valence-electron chi connectivity index (χ2n) is 6.14. The molecule has 2 aliphatic heterocycles. The molecular weight excluding hydrogens is 318 g/mol. The minimum Gasteiger partial charge on any atom is -0.386 e. The van der Waals surface area contributed by atoms with Crippen LogP contribution in [0, 0.1) is 33.5 Å². The number of nitrogens with zero attached hydrogens (tertiary/aromatic N) is 3. The Bertz CT molecular complexity index is 831. The first-order valence-corrected chi connectivity index (χ1v) is 7.76. The van der Waals surface area contributed by atoms with E-state index in [-0.39, 0.29) is 5.84 Å². The predicted octanol–water partition coefficient (Wildman–Crippen LogP) is 1.57. The standard InChI is InChI=1S/C18H19N5O2/c1-12-9-16(10-19)17(11-20,15(21)23-18(16,24-2)25-3)14(22-12)13-7-5-4-6-8-13/h4-9,14,22H,1-3H3,(H2,21,23)/t14-,16+,17+/m1/s1. The van der Waals surface area contributed by atoms with Crippen LogP contribution < -0.4 is 11.1 Å². The first-order chi connectivity index (χ1) is 12.0. The lowest BCUT2D eigenvalue weighted by Gasteiger charge is -2.48. The van der Waals surface area contributed by atoms with Gasteiger partial charge in [0.15, 0.2) is 10.8 Å². The maximum absolute atomic E-state index is 10.2. The summed E-state index contributed by atoms with van der Waals surface area (Å²) in [6, 6.07) is 13.3. The minimum atomic E-state index is -1.70. The fourth-order valence-electron chi connectivity index (χ4n) is 3.95. The Labute approximate surface area is 146 Å². The molecule has 2 aliphatic rings. The number of ether oxygens (including phenoxy) is 2. The van der Waals surface area contributed by atoms with Gasteiger partial charge in [-0.15, -0.1) is 0 Å². The van der Waals surface area contributed by atoms with Crippen LogP contribution in [0.1, 0.15) is 18.5 Å². The Morgan fingerprint density at radius 1 is 1.16 bits per heavy atom. The summed E-state index contributed by atoms with van der Waals surface area (Å²) in [7, 11) is 2.77. The lowest BCUT2D eigenvalue weighted by molar-refractivity contribution is -0.250. The second-order valence-corrected chi connectivity index (χ2v) is 6.14. The normalized spacial score (nSPS) is 32.4. The maximum atomic E-state index is 10.2. The van der Waals surface area contributed by atoms with Gasteiger partial charge in [-0.3, -0.25) is 0 Å². The molecule has 25 heavy (non-hydrogen) atoms. The van der Waals surface area contributed by atoms with Crippen LogP contribution in [0.2, 0.25) is 0 Å². The number of nitrogens with two attached hydrogens (primary N) is 1. The Morgan fingerprint density at radius 2 is 1.80 bits per heavy atom. The molecule has 0 unspecified atom stereocenters. The van der Waals surface area contributed by atoms with Crippen LogP contribution in [-0.2, 0) is 9.47 Å². The van der Waals surface area contributed by atoms with Gasteiger partial charge < -0.3 is 20.5 Å². The van der Waals surface area contributed by atoms with E-state index in [0.29, 0.717) is 5.70 Å². The molecule has 0 saturated heterocycles. The molecule has 0 radical (unpaired) electrons. The SMILES string of the molecule is COC1(OC)N=C(N)[C@]2(C#N)[C@@H](c3ccccc3)NC(C)=C[C@@]12C#N. The number of fused-ring (bicyclic) bond motifs is 1. The van der Waals surface area contributed by atoms with E-state index < -0.39 is 22.8 Å². The first kappa shape index (κ1) is 17.0. The van der Waals surface area contributed by atoms with Crippen molar-refractivity contribution in [1.82, 2.24) is 5.32 Å². The molecule has 7 nitrogen and oxygen atoms in total. The second kappa shape index (κ2) is 5.59. The zero-order valence-electron chi connectivity index (χ0n) is 14.3. The van der Waals surface area contributed by atoms with Crippen molar-refractivity contribution in [1.29, 1.82) is 10.5 Å². The van der Waals surface area contributed by atoms with Crippen LogP contribution in [-0.4, -0.2) is 26.0 Å². The highest BCUT2D eigenvalue weighted by Gasteiger charge is 2.76. The highest BCUT2D eigenvalue weighted by Crippen LogP contribution is 2.62. The summed E-state index contributed by atoms with van der Waals surface area (Å²) in [5, 5.41) is 23.7. The number of allylic oxidation sites excluding steroid dienone is 1. The fourth-order valence-corrected chi connectivity index (χ4v) is 3.95. The van der Waals surface area contributed by atoms with Crippen molar-refractivity contribution >= 4 is 5.84 Å². The summed E-state index contributed by atoms with van der Waals surface area (Å²) in [6.07, 6.45) is 1.63. The minimum absolute atomic E-state index is 0.00496. The molecule has 3 N–H and O–H groups in total. The molecule has 128 valence electrons. The van der Waals surface area contributed by atoms with Gasteiger partial charge in [-0.2, -0.15) is 10.5 Å². The molecule has 0 spiro atoms. The third-order valence-electron chi connectivity index (χ3n) is 5.07. The number of rotatable bonds is 3. The van der Waals surface area contributed by atoms with Gasteiger partial charge in [-0.25, -0.2) is 4.99 Å². The van der Waals surface area contributed by atoms with E-state index in [1.165, 1.54) is 14.2 Å². The number of hydrogen-bond acceptors (Lipinski definition) is 7. The van der Waals surface area contributed by atoms with Crippen molar-refractivity contribution in [2.75, 3.05) is 14.2 Å². The smallest absolute Gasteiger partial charge is 0.296 e. The van der Waals surface area contributed by atoms with Crippen LogP contribution >= 0.6 is 0 Å². The molecule has 2 heterocycles. The Kier molecular flexibility index (Phi) is 3.80. The number of nitrogens with one attached hydrogen (secondary N) is 1. The van der Waals surface area contributed by atoms with Crippen LogP contribution in [0.25, 0.3) is 0 Å². The van der Waals surface area contributed by atoms with Crippen molar-refractivity contribution in [3.8, 4) is 12.1 Å². The number of aliphatic imine (C=N–C) groups is 1. The van der Waals surface area contributed by atoms with Crippen molar-refractivity contribution in [2.45, 2.75) is 18.9 Å². The molecule has 1 aromatic rings. The average molecular weight is 337 g/mol. The van der Waals surface area contributed by atoms with Gasteiger partial charge in [0.25, 0.3) is 5.91 Å². The largest absolute Gasteiger partial charge is 0.386 e. The monoisotopic (exact) mass is 337 g/mol. The van der Waals surface area contributed by atoms with Gasteiger partial charge in [0, 0.05) is 19.9 Å². The lowest BCUT2D eigenvalue weighted by atomic mass is 9.57. The van der Waals surface area contributed by atoms with E-state index in [2.05, 4.69) is 22.4 Å². The third kappa shape index (κ3) is 1.82. The summed E-state index contributed by atoms with van der Waals surface area (Å²) < 4.78 is 11.0. The molecular formula is C18H19N5O2. The van der Waals surface area contributed by atoms with E-state index in [4.69, 9.17) is 15.2 Å². The number of nitriles is 2. The fraction of sp³-hybridized carbons (Fsp3) is 0.389. The maximum Gasteiger partial charge on any atom is 0.296 e. The number of benzene rings is 1. The van der Waals surface area contributed by atoms with Gasteiger partial charge in [0.1, 0.15) is 5.84 Å². The molecule has 0 saturated carbocycles. The summed E-state index contributed by atoms with van der Waals surface area (Å²) in [6.45, 7) is 1.82. The van der Waals surface area contributed by atoms with Gasteiger partial charge in [0.2, 0.25) is 0 Å². The first-order valence-electron chi connectivity index (χ1n) is 7.76. The van der Waals surface area contributed by atoms with E-state index in [9.17, 15) is 10.5 Å². The quantitative estimate of drug-likeness (QED) is 0.809. The van der Waals surface area contributed by atoms with Gasteiger partial charge in [-0.1, -0.05) is 30.3 Å². The molecule has 0 fully saturated rings. The van der Waals surface area contributed by atoms with E-state index in [1.54, 1.807) is 6.08 Å². The third-order valence-corrected chi connectivity index (χ3v) is 5.07. The van der Waals surface area contributed by atoms with Crippen molar-refractivity contribution in [3.63, 3.8) is 0 Å². The Balaban J connectivity index is 2.38. The highest BCUT2D eigenvalue weighted by atomic mass is 16.7. The van der Waals surface area contributed by atoms with Crippen LogP contribution in [0.15, 0.2) is 47.1 Å². The number of amidine groups is 1. The molecule has 7 heteroatoms. The molecule has 3 atom stereocenters. The van der Waals surface area contributed by atoms with Crippen LogP contribution in [0.5, 0.6) is 0 Å². The average Bonchev–Trinajstić information content (AvgIpc) is 2.87. The zero-order valence-corrected chi connectivity index (χ0v) is 14.3. The van der Waals surface area contributed by atoms with Crippen LogP contribution in [0.4, 0.5) is 0 Å². The van der Waals surface area contributed by atoms with Crippen molar-refractivity contribution in [2.24, 2.45) is 21.6 Å². The highest BCUT2D eigenvalue weighted by molar-refractivity contribution is 5.95. The van der Waals surface area contributed by atoms with Crippen LogP contribution in [0.3, 0.4) is 0 Å². The lowest BCUT2D eigenvalue weighted by Crippen LogP contribution is -2.61. The van der Waals surface area contributed by atoms with Crippen molar-refractivity contribution in [3.05, 3.63) is 47.7 Å². The van der Waals surface area contributed by atoms with Crippen molar-refractivity contribution < 1.29 is 9.47 Å². The predicted molar refractivity (Wildman–Crippen MR) is 90.5 cm³/mol. The van der Waals surface area contributed by atoms with E-state index in [0.717, 1.165) is 5.56 Å². The molecule has 1 aromatic carbocycles. The summed E-state index contributed by atoms with van der Waals surface area (Å²) >= 11 is 0. The van der Waals surface area contributed by atoms with Gasteiger partial charge >= 0.3 is 0 Å². The van der Waals surface area contributed by atoms with E-state index >= 15 is 0 Å². The summed E-state index contributed by atoms with van der Waals surface area (Å²) in [5.74, 6) is -1.69. The molecule has 3 rings (SSSR count). The van der Waals surface area contributed by atoms with Gasteiger partial charge in [0.05, 0.1) is 18.2 Å². The van der Waals surface area contributed by atoms with E-state index in [1.807, 2.05) is 37.3 Å². The summed E-state index contributed by atoms with van der Waals surface area (Å²) in [5.41, 5.74) is 4.74. The molecule has 0 bridgehead atoms. The topological polar surface area (TPSA) is 116 Å². The molecule has 0 aliphatic carbocycles. The summed E-state index contributed by atoms with van der Waals surface area (Å²) in [4.78, 5) is 4.32.